The fourth-order valence-electron chi connectivity index (χ4n) is 1.87. The molecule has 1 fully saturated rings. The van der Waals surface area contributed by atoms with Gasteiger partial charge >= 0.3 is 0 Å². The highest BCUT2D eigenvalue weighted by atomic mass is 79.9. The van der Waals surface area contributed by atoms with E-state index in [0.29, 0.717) is 4.83 Å². The molecule has 2 atom stereocenters. The summed E-state index contributed by atoms with van der Waals surface area (Å²) in [5, 5.41) is 0. The largest absolute Gasteiger partial charge is 0.369 e. The number of aromatic nitrogens is 1. The lowest BCUT2D eigenvalue weighted by atomic mass is 9.99. The molecule has 15 heavy (non-hydrogen) atoms. The third-order valence-electron chi connectivity index (χ3n) is 2.96. The Morgan fingerprint density at radius 1 is 1.53 bits per heavy atom. The van der Waals surface area contributed by atoms with Crippen LogP contribution >= 0.6 is 31.9 Å². The molecule has 4 heteroatoms. The van der Waals surface area contributed by atoms with Crippen molar-refractivity contribution in [1.29, 1.82) is 0 Å². The first-order valence-corrected chi connectivity index (χ1v) is 6.88. The Morgan fingerprint density at radius 3 is 3.00 bits per heavy atom. The third kappa shape index (κ3) is 2.53. The first-order chi connectivity index (χ1) is 7.18. The smallest absolute Gasteiger partial charge is 0.0592 e. The summed E-state index contributed by atoms with van der Waals surface area (Å²) in [5.74, 6) is 0.766. The second-order valence-corrected chi connectivity index (χ2v) is 6.09. The normalized spacial score (nSPS) is 26.7. The summed E-state index contributed by atoms with van der Waals surface area (Å²) >= 11 is 7.29. The standard InChI is InChI=1S/C11H14Br2N2/c1-8-3-5-15(7-10(8)13)11-2-4-14-6-9(11)12/h2,4,6,8,10H,3,5,7H2,1H3. The van der Waals surface area contributed by atoms with Crippen LogP contribution in [-0.2, 0) is 0 Å². The number of rotatable bonds is 1. The van der Waals surface area contributed by atoms with Gasteiger partial charge in [0.2, 0.25) is 0 Å². The van der Waals surface area contributed by atoms with E-state index in [1.165, 1.54) is 12.1 Å². The lowest BCUT2D eigenvalue weighted by molar-refractivity contribution is 0.456. The van der Waals surface area contributed by atoms with Crippen LogP contribution in [0.4, 0.5) is 5.69 Å². The second kappa shape index (κ2) is 4.83. The van der Waals surface area contributed by atoms with Gasteiger partial charge in [-0.25, -0.2) is 0 Å². The van der Waals surface area contributed by atoms with E-state index in [1.54, 1.807) is 0 Å². The maximum atomic E-state index is 4.09. The molecule has 0 saturated carbocycles. The van der Waals surface area contributed by atoms with Gasteiger partial charge in [-0.2, -0.15) is 0 Å². The second-order valence-electron chi connectivity index (χ2n) is 4.06. The molecule has 1 saturated heterocycles. The predicted molar refractivity (Wildman–Crippen MR) is 70.6 cm³/mol. The summed E-state index contributed by atoms with van der Waals surface area (Å²) in [7, 11) is 0. The number of hydrogen-bond donors (Lipinski definition) is 0. The molecule has 0 bridgehead atoms. The van der Waals surface area contributed by atoms with Crippen molar-refractivity contribution in [3.63, 3.8) is 0 Å². The summed E-state index contributed by atoms with van der Waals surface area (Å²) in [6.45, 7) is 4.51. The highest BCUT2D eigenvalue weighted by Gasteiger charge is 2.24. The van der Waals surface area contributed by atoms with Gasteiger partial charge in [0, 0.05) is 30.3 Å². The van der Waals surface area contributed by atoms with Crippen molar-refractivity contribution >= 4 is 37.5 Å². The number of pyridine rings is 1. The van der Waals surface area contributed by atoms with Crippen molar-refractivity contribution in [2.45, 2.75) is 18.2 Å². The lowest BCUT2D eigenvalue weighted by Gasteiger charge is -2.36. The number of nitrogens with zero attached hydrogens (tertiary/aromatic N) is 2. The predicted octanol–water partition coefficient (Wildman–Crippen LogP) is 3.45. The van der Waals surface area contributed by atoms with Crippen LogP contribution in [0, 0.1) is 5.92 Å². The molecule has 2 rings (SSSR count). The topological polar surface area (TPSA) is 16.1 Å². The van der Waals surface area contributed by atoms with Gasteiger partial charge in [0.05, 0.1) is 10.2 Å². The zero-order chi connectivity index (χ0) is 10.8. The van der Waals surface area contributed by atoms with Crippen LogP contribution in [0.5, 0.6) is 0 Å². The number of hydrogen-bond acceptors (Lipinski definition) is 2. The minimum absolute atomic E-state index is 0.589. The van der Waals surface area contributed by atoms with Crippen LogP contribution in [0.1, 0.15) is 13.3 Å². The Kier molecular flexibility index (Phi) is 3.67. The van der Waals surface area contributed by atoms with Crippen molar-refractivity contribution in [3.8, 4) is 0 Å². The molecule has 2 unspecified atom stereocenters. The Hall–Kier alpha value is -0.0900. The quantitative estimate of drug-likeness (QED) is 0.732. The average molecular weight is 334 g/mol. The molecular weight excluding hydrogens is 320 g/mol. The van der Waals surface area contributed by atoms with E-state index < -0.39 is 0 Å². The fourth-order valence-corrected chi connectivity index (χ4v) is 2.98. The molecule has 0 amide bonds. The van der Waals surface area contributed by atoms with E-state index >= 15 is 0 Å². The van der Waals surface area contributed by atoms with Gasteiger partial charge < -0.3 is 4.90 Å². The Bertz CT molecular complexity index is 343. The summed E-state index contributed by atoms with van der Waals surface area (Å²) < 4.78 is 1.08. The lowest BCUT2D eigenvalue weighted by Crippen LogP contribution is -2.40. The van der Waals surface area contributed by atoms with Crippen molar-refractivity contribution < 1.29 is 0 Å². The van der Waals surface area contributed by atoms with Crippen LogP contribution in [0.15, 0.2) is 22.9 Å². The van der Waals surface area contributed by atoms with E-state index in [0.717, 1.165) is 23.5 Å². The molecule has 0 aliphatic carbocycles. The van der Waals surface area contributed by atoms with Crippen molar-refractivity contribution in [1.82, 2.24) is 4.98 Å². The van der Waals surface area contributed by atoms with E-state index in [2.05, 4.69) is 54.7 Å². The maximum absolute atomic E-state index is 4.09. The molecule has 82 valence electrons. The SMILES string of the molecule is CC1CCN(c2ccncc2Br)CC1Br. The number of piperidine rings is 1. The van der Waals surface area contributed by atoms with E-state index in [1.807, 2.05) is 12.4 Å². The molecule has 1 aromatic rings. The van der Waals surface area contributed by atoms with Gasteiger partial charge in [0.1, 0.15) is 0 Å². The van der Waals surface area contributed by atoms with Crippen LogP contribution in [0.2, 0.25) is 0 Å². The monoisotopic (exact) mass is 332 g/mol. The molecule has 1 aromatic heterocycles. The highest BCUT2D eigenvalue weighted by Crippen LogP contribution is 2.31. The van der Waals surface area contributed by atoms with Crippen molar-refractivity contribution in [2.24, 2.45) is 5.92 Å². The van der Waals surface area contributed by atoms with Gasteiger partial charge in [-0.05, 0) is 34.3 Å². The molecule has 0 N–H and O–H groups in total. The third-order valence-corrected chi connectivity index (χ3v) is 4.76. The van der Waals surface area contributed by atoms with Gasteiger partial charge in [-0.15, -0.1) is 0 Å². The zero-order valence-corrected chi connectivity index (χ0v) is 11.8. The summed E-state index contributed by atoms with van der Waals surface area (Å²) in [4.78, 5) is 7.09. The minimum atomic E-state index is 0.589. The maximum Gasteiger partial charge on any atom is 0.0592 e. The highest BCUT2D eigenvalue weighted by molar-refractivity contribution is 9.10. The first-order valence-electron chi connectivity index (χ1n) is 5.17. The molecule has 0 spiro atoms. The van der Waals surface area contributed by atoms with Crippen molar-refractivity contribution in [2.75, 3.05) is 18.0 Å². The van der Waals surface area contributed by atoms with Gasteiger partial charge in [0.25, 0.3) is 0 Å². The number of anilines is 1. The average Bonchev–Trinajstić information content (AvgIpc) is 2.23. The molecule has 0 aromatic carbocycles. The molecule has 2 nitrogen and oxygen atoms in total. The van der Waals surface area contributed by atoms with Crippen LogP contribution in [0.25, 0.3) is 0 Å². The van der Waals surface area contributed by atoms with Gasteiger partial charge in [0.15, 0.2) is 0 Å². The van der Waals surface area contributed by atoms with Gasteiger partial charge in [-0.1, -0.05) is 22.9 Å². The Balaban J connectivity index is 2.15. The zero-order valence-electron chi connectivity index (χ0n) is 8.66. The molecular formula is C11H14Br2N2. The van der Waals surface area contributed by atoms with E-state index in [-0.39, 0.29) is 0 Å². The molecule has 1 aliphatic heterocycles. The molecule has 1 aliphatic rings. The van der Waals surface area contributed by atoms with Crippen molar-refractivity contribution in [3.05, 3.63) is 22.9 Å². The van der Waals surface area contributed by atoms with Crippen LogP contribution < -0.4 is 4.90 Å². The summed E-state index contributed by atoms with van der Waals surface area (Å²) in [5.41, 5.74) is 1.25. The summed E-state index contributed by atoms with van der Waals surface area (Å²) in [6, 6.07) is 2.07. The molecule has 0 radical (unpaired) electrons. The number of halogens is 2. The molecule has 2 heterocycles. The van der Waals surface area contributed by atoms with E-state index in [9.17, 15) is 0 Å². The van der Waals surface area contributed by atoms with E-state index in [4.69, 9.17) is 0 Å². The minimum Gasteiger partial charge on any atom is -0.369 e. The number of alkyl halides is 1. The Morgan fingerprint density at radius 2 is 2.33 bits per heavy atom. The first kappa shape index (κ1) is 11.4. The Labute approximate surface area is 107 Å². The summed E-state index contributed by atoms with van der Waals surface area (Å²) in [6.07, 6.45) is 4.95. The van der Waals surface area contributed by atoms with Crippen LogP contribution in [-0.4, -0.2) is 22.9 Å². The van der Waals surface area contributed by atoms with Crippen LogP contribution in [0.3, 0.4) is 0 Å². The fraction of sp³-hybridized carbons (Fsp3) is 0.545. The van der Waals surface area contributed by atoms with Gasteiger partial charge in [-0.3, -0.25) is 4.98 Å².